The lowest BCUT2D eigenvalue weighted by molar-refractivity contribution is -0.144. The topological polar surface area (TPSA) is 89.9 Å². The maximum atomic E-state index is 12.0. The quantitative estimate of drug-likeness (QED) is 0.715. The Kier molecular flexibility index (Phi) is 5.23. The van der Waals surface area contributed by atoms with Gasteiger partial charge in [0.25, 0.3) is 0 Å². The van der Waals surface area contributed by atoms with Crippen LogP contribution in [0.15, 0.2) is 0 Å². The first-order chi connectivity index (χ1) is 9.61. The molecule has 20 heavy (non-hydrogen) atoms. The fraction of sp³-hybridized carbons (Fsp3) is 0.857. The second kappa shape index (κ2) is 6.92. The molecule has 1 saturated heterocycles. The summed E-state index contributed by atoms with van der Waals surface area (Å²) in [7, 11) is 0. The standard InChI is InChI=1S/C14H24N2O4/c17-9-10-5-6-16(8-10)14(20)15-7-11-3-1-2-4-12(11)13(18)19/h10-12,17H,1-9H2,(H,15,20)(H,18,19). The maximum Gasteiger partial charge on any atom is 0.317 e. The average molecular weight is 284 g/mol. The normalized spacial score (nSPS) is 30.2. The van der Waals surface area contributed by atoms with E-state index in [-0.39, 0.29) is 30.4 Å². The van der Waals surface area contributed by atoms with E-state index in [1.807, 2.05) is 0 Å². The highest BCUT2D eigenvalue weighted by Gasteiger charge is 2.32. The van der Waals surface area contributed by atoms with E-state index in [4.69, 9.17) is 5.11 Å². The van der Waals surface area contributed by atoms with E-state index in [1.54, 1.807) is 4.90 Å². The Morgan fingerprint density at radius 2 is 1.95 bits per heavy atom. The van der Waals surface area contributed by atoms with Gasteiger partial charge in [-0.25, -0.2) is 4.79 Å². The van der Waals surface area contributed by atoms with Crippen molar-refractivity contribution in [3.63, 3.8) is 0 Å². The third kappa shape index (κ3) is 3.62. The third-order valence-electron chi connectivity index (χ3n) is 4.57. The zero-order valence-electron chi connectivity index (χ0n) is 11.8. The number of rotatable bonds is 4. The first-order valence-corrected chi connectivity index (χ1v) is 7.48. The zero-order chi connectivity index (χ0) is 14.5. The minimum absolute atomic E-state index is 0.0430. The first kappa shape index (κ1) is 15.1. The molecule has 3 atom stereocenters. The molecule has 3 N–H and O–H groups in total. The Labute approximate surface area is 119 Å². The molecule has 0 bridgehead atoms. The number of aliphatic hydroxyl groups is 1. The number of nitrogens with one attached hydrogen (secondary N) is 1. The number of carbonyl (C=O) groups is 2. The van der Waals surface area contributed by atoms with Gasteiger partial charge in [-0.3, -0.25) is 4.79 Å². The molecule has 0 aromatic heterocycles. The summed E-state index contributed by atoms with van der Waals surface area (Å²) in [5.74, 6) is -0.845. The molecule has 6 heteroatoms. The number of aliphatic carboxylic acids is 1. The van der Waals surface area contributed by atoms with Gasteiger partial charge in [0.05, 0.1) is 5.92 Å². The summed E-state index contributed by atoms with van der Waals surface area (Å²) in [6, 6.07) is -0.129. The maximum absolute atomic E-state index is 12.0. The van der Waals surface area contributed by atoms with Gasteiger partial charge in [0.15, 0.2) is 0 Å². The van der Waals surface area contributed by atoms with Crippen LogP contribution in [0.1, 0.15) is 32.1 Å². The summed E-state index contributed by atoms with van der Waals surface area (Å²) < 4.78 is 0. The van der Waals surface area contributed by atoms with Crippen molar-refractivity contribution in [1.82, 2.24) is 10.2 Å². The van der Waals surface area contributed by atoms with Gasteiger partial charge in [0, 0.05) is 32.2 Å². The monoisotopic (exact) mass is 284 g/mol. The summed E-state index contributed by atoms with van der Waals surface area (Å²) in [4.78, 5) is 24.9. The molecular weight excluding hydrogens is 260 g/mol. The van der Waals surface area contributed by atoms with Crippen LogP contribution in [0.4, 0.5) is 4.79 Å². The number of carboxylic acid groups (broad SMARTS) is 1. The molecule has 3 unspecified atom stereocenters. The van der Waals surface area contributed by atoms with Crippen LogP contribution >= 0.6 is 0 Å². The van der Waals surface area contributed by atoms with Gasteiger partial charge >= 0.3 is 12.0 Å². The molecule has 1 saturated carbocycles. The van der Waals surface area contributed by atoms with Crippen molar-refractivity contribution < 1.29 is 19.8 Å². The summed E-state index contributed by atoms with van der Waals surface area (Å²) in [6.45, 7) is 1.82. The number of aliphatic hydroxyl groups excluding tert-OH is 1. The molecule has 2 aliphatic rings. The number of urea groups is 1. The number of nitrogens with zero attached hydrogens (tertiary/aromatic N) is 1. The number of hydrogen-bond acceptors (Lipinski definition) is 3. The van der Waals surface area contributed by atoms with E-state index >= 15 is 0 Å². The highest BCUT2D eigenvalue weighted by molar-refractivity contribution is 5.75. The van der Waals surface area contributed by atoms with Gasteiger partial charge in [0.1, 0.15) is 0 Å². The van der Waals surface area contributed by atoms with E-state index in [2.05, 4.69) is 5.32 Å². The summed E-state index contributed by atoms with van der Waals surface area (Å²) in [6.07, 6.45) is 4.43. The fourth-order valence-corrected chi connectivity index (χ4v) is 3.27. The van der Waals surface area contributed by atoms with Crippen molar-refractivity contribution in [1.29, 1.82) is 0 Å². The molecule has 1 heterocycles. The van der Waals surface area contributed by atoms with E-state index < -0.39 is 5.97 Å². The molecule has 0 radical (unpaired) electrons. The molecule has 114 valence electrons. The van der Waals surface area contributed by atoms with Gasteiger partial charge in [-0.1, -0.05) is 12.8 Å². The minimum atomic E-state index is -0.745. The Hall–Kier alpha value is -1.30. The molecule has 2 fully saturated rings. The number of amides is 2. The van der Waals surface area contributed by atoms with Crippen molar-refractivity contribution in [2.45, 2.75) is 32.1 Å². The van der Waals surface area contributed by atoms with Gasteiger partial charge in [-0.2, -0.15) is 0 Å². The summed E-state index contributed by atoms with van der Waals surface area (Å²) in [5.41, 5.74) is 0. The highest BCUT2D eigenvalue weighted by atomic mass is 16.4. The molecular formula is C14H24N2O4. The number of likely N-dealkylation sites (tertiary alicyclic amines) is 1. The largest absolute Gasteiger partial charge is 0.481 e. The number of hydrogen-bond donors (Lipinski definition) is 3. The van der Waals surface area contributed by atoms with Crippen molar-refractivity contribution in [3.8, 4) is 0 Å². The number of carboxylic acids is 1. The fourth-order valence-electron chi connectivity index (χ4n) is 3.27. The Morgan fingerprint density at radius 3 is 2.60 bits per heavy atom. The highest BCUT2D eigenvalue weighted by Crippen LogP contribution is 2.29. The third-order valence-corrected chi connectivity index (χ3v) is 4.57. The van der Waals surface area contributed by atoms with E-state index in [0.717, 1.165) is 25.7 Å². The summed E-state index contributed by atoms with van der Waals surface area (Å²) >= 11 is 0. The Balaban J connectivity index is 1.79. The van der Waals surface area contributed by atoms with E-state index in [9.17, 15) is 14.7 Å². The van der Waals surface area contributed by atoms with E-state index in [0.29, 0.717) is 26.1 Å². The van der Waals surface area contributed by atoms with Crippen molar-refractivity contribution in [3.05, 3.63) is 0 Å². The van der Waals surface area contributed by atoms with E-state index in [1.165, 1.54) is 0 Å². The lowest BCUT2D eigenvalue weighted by atomic mass is 9.79. The lowest BCUT2D eigenvalue weighted by Gasteiger charge is -2.29. The van der Waals surface area contributed by atoms with Crippen molar-refractivity contribution in [2.24, 2.45) is 17.8 Å². The van der Waals surface area contributed by atoms with Crippen molar-refractivity contribution >= 4 is 12.0 Å². The molecule has 1 aliphatic heterocycles. The molecule has 0 spiro atoms. The van der Waals surface area contributed by atoms with Crippen molar-refractivity contribution in [2.75, 3.05) is 26.2 Å². The number of carbonyl (C=O) groups excluding carboxylic acids is 1. The first-order valence-electron chi connectivity index (χ1n) is 7.48. The average Bonchev–Trinajstić information content (AvgIpc) is 2.94. The second-order valence-electron chi connectivity index (χ2n) is 5.96. The predicted octanol–water partition coefficient (Wildman–Crippen LogP) is 0.901. The van der Waals surface area contributed by atoms with Crippen LogP contribution in [0, 0.1) is 17.8 Å². The molecule has 0 aromatic rings. The van der Waals surface area contributed by atoms with Crippen LogP contribution in [0.2, 0.25) is 0 Å². The van der Waals surface area contributed by atoms with Crippen LogP contribution in [0.5, 0.6) is 0 Å². The molecule has 0 aromatic carbocycles. The van der Waals surface area contributed by atoms with Crippen LogP contribution in [0.3, 0.4) is 0 Å². The summed E-state index contributed by atoms with van der Waals surface area (Å²) in [5, 5.41) is 21.1. The van der Waals surface area contributed by atoms with Crippen LogP contribution in [0.25, 0.3) is 0 Å². The minimum Gasteiger partial charge on any atom is -0.481 e. The van der Waals surface area contributed by atoms with Gasteiger partial charge < -0.3 is 20.4 Å². The zero-order valence-corrected chi connectivity index (χ0v) is 11.8. The van der Waals surface area contributed by atoms with Gasteiger partial charge in [-0.05, 0) is 25.2 Å². The van der Waals surface area contributed by atoms with Gasteiger partial charge in [-0.15, -0.1) is 0 Å². The van der Waals surface area contributed by atoms with Crippen LogP contribution < -0.4 is 5.32 Å². The molecule has 6 nitrogen and oxygen atoms in total. The molecule has 2 rings (SSSR count). The molecule has 1 aliphatic carbocycles. The lowest BCUT2D eigenvalue weighted by Crippen LogP contribution is -2.43. The Bertz CT molecular complexity index is 361. The van der Waals surface area contributed by atoms with Gasteiger partial charge in [0.2, 0.25) is 0 Å². The SMILES string of the molecule is O=C(O)C1CCCCC1CNC(=O)N1CCC(CO)C1. The Morgan fingerprint density at radius 1 is 1.20 bits per heavy atom. The predicted molar refractivity (Wildman–Crippen MR) is 73.2 cm³/mol. The second-order valence-corrected chi connectivity index (χ2v) is 5.96. The molecule has 2 amide bonds. The van der Waals surface area contributed by atoms with Crippen LogP contribution in [-0.4, -0.2) is 53.4 Å². The van der Waals surface area contributed by atoms with Crippen LogP contribution in [-0.2, 0) is 4.79 Å². The smallest absolute Gasteiger partial charge is 0.317 e.